The number of para-hydroxylation sites is 1. The highest BCUT2D eigenvalue weighted by atomic mass is 35.5. The molecule has 1 aromatic heterocycles. The van der Waals surface area contributed by atoms with Crippen LogP contribution in [0.5, 0.6) is 0 Å². The van der Waals surface area contributed by atoms with Crippen molar-refractivity contribution in [3.05, 3.63) is 40.9 Å². The quantitative estimate of drug-likeness (QED) is 0.894. The lowest BCUT2D eigenvalue weighted by molar-refractivity contribution is 0.632. The van der Waals surface area contributed by atoms with Crippen molar-refractivity contribution in [2.24, 2.45) is 0 Å². The van der Waals surface area contributed by atoms with Gasteiger partial charge in [0.1, 0.15) is 23.3 Å². The second-order valence-corrected chi connectivity index (χ2v) is 4.06. The van der Waals surface area contributed by atoms with Crippen LogP contribution in [-0.4, -0.2) is 17.0 Å². The van der Waals surface area contributed by atoms with E-state index in [1.165, 1.54) is 6.07 Å². The van der Waals surface area contributed by atoms with Crippen LogP contribution in [0.25, 0.3) is 0 Å². The van der Waals surface area contributed by atoms with Gasteiger partial charge in [-0.25, -0.2) is 14.4 Å². The number of aromatic nitrogens is 2. The van der Waals surface area contributed by atoms with E-state index in [0.717, 1.165) is 0 Å². The molecular weight excluding hydrogens is 255 g/mol. The predicted octanol–water partition coefficient (Wildman–Crippen LogP) is 3.36. The van der Waals surface area contributed by atoms with Crippen molar-refractivity contribution < 1.29 is 4.39 Å². The SMILES string of the molecule is CNc1cc(Nc2c(F)cccc2Cl)nc(C)n1. The fourth-order valence-electron chi connectivity index (χ4n) is 1.51. The van der Waals surface area contributed by atoms with Crippen LogP contribution in [0.15, 0.2) is 24.3 Å². The van der Waals surface area contributed by atoms with Crippen molar-refractivity contribution in [2.75, 3.05) is 17.7 Å². The number of anilines is 3. The van der Waals surface area contributed by atoms with Crippen LogP contribution in [-0.2, 0) is 0 Å². The van der Waals surface area contributed by atoms with E-state index >= 15 is 0 Å². The molecule has 1 aromatic carbocycles. The number of hydrogen-bond donors (Lipinski definition) is 2. The van der Waals surface area contributed by atoms with E-state index in [4.69, 9.17) is 11.6 Å². The van der Waals surface area contributed by atoms with Gasteiger partial charge < -0.3 is 10.6 Å². The summed E-state index contributed by atoms with van der Waals surface area (Å²) in [7, 11) is 1.75. The first-order valence-corrected chi connectivity index (χ1v) is 5.72. The molecular formula is C12H12ClFN4. The molecule has 0 amide bonds. The van der Waals surface area contributed by atoms with E-state index in [1.807, 2.05) is 0 Å². The van der Waals surface area contributed by atoms with Gasteiger partial charge in [0.2, 0.25) is 0 Å². The van der Waals surface area contributed by atoms with Crippen molar-refractivity contribution in [3.63, 3.8) is 0 Å². The minimum atomic E-state index is -0.426. The summed E-state index contributed by atoms with van der Waals surface area (Å²) in [6.45, 7) is 1.76. The number of hydrogen-bond acceptors (Lipinski definition) is 4. The number of nitrogens with one attached hydrogen (secondary N) is 2. The molecule has 0 spiro atoms. The Hall–Kier alpha value is -1.88. The van der Waals surface area contributed by atoms with Crippen molar-refractivity contribution in [1.29, 1.82) is 0 Å². The molecule has 0 aliphatic heterocycles. The number of rotatable bonds is 3. The zero-order valence-corrected chi connectivity index (χ0v) is 10.7. The molecule has 0 fully saturated rings. The van der Waals surface area contributed by atoms with Gasteiger partial charge in [-0.15, -0.1) is 0 Å². The van der Waals surface area contributed by atoms with E-state index in [1.54, 1.807) is 32.2 Å². The summed E-state index contributed by atoms with van der Waals surface area (Å²) in [6.07, 6.45) is 0. The normalized spacial score (nSPS) is 10.2. The van der Waals surface area contributed by atoms with Crippen LogP contribution >= 0.6 is 11.6 Å². The molecule has 2 rings (SSSR count). The molecule has 6 heteroatoms. The zero-order valence-electron chi connectivity index (χ0n) is 9.96. The first-order chi connectivity index (χ1) is 8.60. The van der Waals surface area contributed by atoms with Crippen LogP contribution in [0.1, 0.15) is 5.82 Å². The van der Waals surface area contributed by atoms with Gasteiger partial charge in [-0.05, 0) is 19.1 Å². The second-order valence-electron chi connectivity index (χ2n) is 3.66. The topological polar surface area (TPSA) is 49.8 Å². The maximum Gasteiger partial charge on any atom is 0.148 e. The lowest BCUT2D eigenvalue weighted by atomic mass is 10.3. The average Bonchev–Trinajstić information content (AvgIpc) is 2.33. The minimum absolute atomic E-state index is 0.208. The molecule has 2 N–H and O–H groups in total. The van der Waals surface area contributed by atoms with Gasteiger partial charge >= 0.3 is 0 Å². The summed E-state index contributed by atoms with van der Waals surface area (Å²) in [5, 5.41) is 6.07. The molecule has 94 valence electrons. The van der Waals surface area contributed by atoms with E-state index in [2.05, 4.69) is 20.6 Å². The molecule has 2 aromatic rings. The van der Waals surface area contributed by atoms with E-state index in [-0.39, 0.29) is 5.69 Å². The molecule has 0 aliphatic rings. The molecule has 4 nitrogen and oxygen atoms in total. The molecule has 0 radical (unpaired) electrons. The Balaban J connectivity index is 2.37. The summed E-state index contributed by atoms with van der Waals surface area (Å²) in [5.74, 6) is 1.29. The maximum atomic E-state index is 13.6. The molecule has 0 bridgehead atoms. The molecule has 0 saturated heterocycles. The summed E-state index contributed by atoms with van der Waals surface area (Å²) >= 11 is 5.93. The molecule has 0 aliphatic carbocycles. The van der Waals surface area contributed by atoms with E-state index in [0.29, 0.717) is 22.5 Å². The molecule has 1 heterocycles. The minimum Gasteiger partial charge on any atom is -0.373 e. The smallest absolute Gasteiger partial charge is 0.148 e. The van der Waals surface area contributed by atoms with Crippen LogP contribution < -0.4 is 10.6 Å². The maximum absolute atomic E-state index is 13.6. The zero-order chi connectivity index (χ0) is 13.1. The van der Waals surface area contributed by atoms with Crippen molar-refractivity contribution >= 4 is 28.9 Å². The Morgan fingerprint density at radius 2 is 1.94 bits per heavy atom. The highest BCUT2D eigenvalue weighted by molar-refractivity contribution is 6.33. The summed E-state index contributed by atoms with van der Waals surface area (Å²) in [5.41, 5.74) is 0.208. The Morgan fingerprint density at radius 3 is 2.61 bits per heavy atom. The van der Waals surface area contributed by atoms with Gasteiger partial charge in [-0.1, -0.05) is 17.7 Å². The predicted molar refractivity (Wildman–Crippen MR) is 71.0 cm³/mol. The summed E-state index contributed by atoms with van der Waals surface area (Å²) < 4.78 is 13.6. The van der Waals surface area contributed by atoms with Gasteiger partial charge in [0, 0.05) is 13.1 Å². The Bertz CT molecular complexity index is 554. The Morgan fingerprint density at radius 1 is 1.22 bits per heavy atom. The van der Waals surface area contributed by atoms with Gasteiger partial charge in [-0.3, -0.25) is 0 Å². The molecule has 0 saturated carbocycles. The van der Waals surface area contributed by atoms with Gasteiger partial charge in [-0.2, -0.15) is 0 Å². The number of halogens is 2. The molecule has 0 unspecified atom stereocenters. The van der Waals surface area contributed by atoms with Crippen molar-refractivity contribution in [1.82, 2.24) is 9.97 Å². The van der Waals surface area contributed by atoms with Crippen LogP contribution in [0.4, 0.5) is 21.7 Å². The second kappa shape index (κ2) is 5.18. The molecule has 18 heavy (non-hydrogen) atoms. The van der Waals surface area contributed by atoms with E-state index in [9.17, 15) is 4.39 Å². The summed E-state index contributed by atoms with van der Waals surface area (Å²) in [6, 6.07) is 6.17. The van der Waals surface area contributed by atoms with Crippen LogP contribution in [0.2, 0.25) is 5.02 Å². The third-order valence-electron chi connectivity index (χ3n) is 2.31. The monoisotopic (exact) mass is 266 g/mol. The highest BCUT2D eigenvalue weighted by Gasteiger charge is 2.08. The largest absolute Gasteiger partial charge is 0.373 e. The first kappa shape index (κ1) is 12.6. The number of nitrogens with zero attached hydrogens (tertiary/aromatic N) is 2. The lowest BCUT2D eigenvalue weighted by Crippen LogP contribution is -2.02. The standard InChI is InChI=1S/C12H12ClFN4/c1-7-16-10(15-2)6-11(17-7)18-12-8(13)4-3-5-9(12)14/h3-6H,1-2H3,(H2,15,16,17,18). The molecule has 0 atom stereocenters. The number of aryl methyl sites for hydroxylation is 1. The summed E-state index contributed by atoms with van der Waals surface area (Å²) in [4.78, 5) is 8.32. The fourth-order valence-corrected chi connectivity index (χ4v) is 1.72. The van der Waals surface area contributed by atoms with Gasteiger partial charge in [0.05, 0.1) is 10.7 Å². The fraction of sp³-hybridized carbons (Fsp3) is 0.167. The van der Waals surface area contributed by atoms with Crippen LogP contribution in [0, 0.1) is 12.7 Å². The van der Waals surface area contributed by atoms with Crippen molar-refractivity contribution in [3.8, 4) is 0 Å². The van der Waals surface area contributed by atoms with Crippen LogP contribution in [0.3, 0.4) is 0 Å². The third kappa shape index (κ3) is 2.68. The van der Waals surface area contributed by atoms with Gasteiger partial charge in [0.15, 0.2) is 0 Å². The third-order valence-corrected chi connectivity index (χ3v) is 2.62. The van der Waals surface area contributed by atoms with E-state index < -0.39 is 5.82 Å². The number of benzene rings is 1. The average molecular weight is 267 g/mol. The van der Waals surface area contributed by atoms with Gasteiger partial charge in [0.25, 0.3) is 0 Å². The Labute approximate surface area is 109 Å². The van der Waals surface area contributed by atoms with Crippen molar-refractivity contribution in [2.45, 2.75) is 6.92 Å². The first-order valence-electron chi connectivity index (χ1n) is 5.34. The highest BCUT2D eigenvalue weighted by Crippen LogP contribution is 2.27. The Kier molecular flexibility index (Phi) is 3.62. The lowest BCUT2D eigenvalue weighted by Gasteiger charge is -2.10.